The van der Waals surface area contributed by atoms with Gasteiger partial charge in [0.1, 0.15) is 0 Å². The third-order valence-corrected chi connectivity index (χ3v) is 3.24. The minimum atomic E-state index is 0.157. The Balaban J connectivity index is 2.54. The van der Waals surface area contributed by atoms with Gasteiger partial charge in [0.25, 0.3) is 0 Å². The summed E-state index contributed by atoms with van der Waals surface area (Å²) in [5.41, 5.74) is 1.28. The number of hydrogen-bond acceptors (Lipinski definition) is 2. The van der Waals surface area contributed by atoms with Crippen molar-refractivity contribution in [1.29, 1.82) is 0 Å². The van der Waals surface area contributed by atoms with E-state index in [9.17, 15) is 5.11 Å². The lowest BCUT2D eigenvalue weighted by atomic mass is 9.99. The number of benzene rings is 1. The standard InChI is InChI=1S/C15H25NO/c1-4-15(12(2)3)16-14(11-17)10-13-8-6-5-7-9-13/h5-9,12,14-17H,4,10-11H2,1-3H3/t14-,15?/m0/s1. The molecule has 2 N–H and O–H groups in total. The lowest BCUT2D eigenvalue weighted by Crippen LogP contribution is -2.44. The van der Waals surface area contributed by atoms with E-state index >= 15 is 0 Å². The fourth-order valence-corrected chi connectivity index (χ4v) is 2.16. The first-order valence-corrected chi connectivity index (χ1v) is 6.58. The van der Waals surface area contributed by atoms with Crippen LogP contribution in [0.25, 0.3) is 0 Å². The summed E-state index contributed by atoms with van der Waals surface area (Å²) in [6.07, 6.45) is 1.99. The lowest BCUT2D eigenvalue weighted by Gasteiger charge is -2.26. The van der Waals surface area contributed by atoms with Gasteiger partial charge in [-0.3, -0.25) is 0 Å². The molecule has 0 bridgehead atoms. The molecule has 0 radical (unpaired) electrons. The van der Waals surface area contributed by atoms with Gasteiger partial charge >= 0.3 is 0 Å². The van der Waals surface area contributed by atoms with Gasteiger partial charge in [-0.15, -0.1) is 0 Å². The second kappa shape index (κ2) is 7.46. The van der Waals surface area contributed by atoms with Crippen molar-refractivity contribution in [2.75, 3.05) is 6.61 Å². The topological polar surface area (TPSA) is 32.3 Å². The molecule has 1 unspecified atom stereocenters. The number of rotatable bonds is 7. The maximum absolute atomic E-state index is 9.45. The Hall–Kier alpha value is -0.860. The molecule has 1 rings (SSSR count). The van der Waals surface area contributed by atoms with Crippen LogP contribution < -0.4 is 5.32 Å². The van der Waals surface area contributed by atoms with Crippen LogP contribution in [0.3, 0.4) is 0 Å². The van der Waals surface area contributed by atoms with Crippen LogP contribution in [0.4, 0.5) is 0 Å². The van der Waals surface area contributed by atoms with Crippen molar-refractivity contribution in [3.63, 3.8) is 0 Å². The van der Waals surface area contributed by atoms with Crippen LogP contribution in [-0.4, -0.2) is 23.8 Å². The molecule has 0 spiro atoms. The molecule has 0 heterocycles. The minimum absolute atomic E-state index is 0.157. The molecule has 0 amide bonds. The summed E-state index contributed by atoms with van der Waals surface area (Å²) in [4.78, 5) is 0. The molecule has 0 aliphatic heterocycles. The van der Waals surface area contributed by atoms with Crippen molar-refractivity contribution < 1.29 is 5.11 Å². The summed E-state index contributed by atoms with van der Waals surface area (Å²) in [5, 5.41) is 13.0. The monoisotopic (exact) mass is 235 g/mol. The van der Waals surface area contributed by atoms with Crippen LogP contribution in [0.1, 0.15) is 32.8 Å². The third kappa shape index (κ3) is 4.88. The Bertz CT molecular complexity index is 297. The Morgan fingerprint density at radius 1 is 1.18 bits per heavy atom. The zero-order valence-corrected chi connectivity index (χ0v) is 11.2. The van der Waals surface area contributed by atoms with E-state index < -0.39 is 0 Å². The fourth-order valence-electron chi connectivity index (χ4n) is 2.16. The molecule has 0 saturated carbocycles. The molecular formula is C15H25NO. The third-order valence-electron chi connectivity index (χ3n) is 3.24. The van der Waals surface area contributed by atoms with Crippen LogP contribution in [0.5, 0.6) is 0 Å². The highest BCUT2D eigenvalue weighted by Crippen LogP contribution is 2.09. The maximum atomic E-state index is 9.45. The molecule has 0 aromatic heterocycles. The Labute approximate surface area is 105 Å². The molecule has 1 aromatic carbocycles. The van der Waals surface area contributed by atoms with Crippen LogP contribution in [-0.2, 0) is 6.42 Å². The number of nitrogens with one attached hydrogen (secondary N) is 1. The van der Waals surface area contributed by atoms with E-state index in [2.05, 4.69) is 38.2 Å². The molecule has 0 aliphatic rings. The number of aliphatic hydroxyl groups excluding tert-OH is 1. The smallest absolute Gasteiger partial charge is 0.0587 e. The van der Waals surface area contributed by atoms with Crippen molar-refractivity contribution in [3.8, 4) is 0 Å². The van der Waals surface area contributed by atoms with Gasteiger partial charge in [-0.05, 0) is 24.3 Å². The van der Waals surface area contributed by atoms with Gasteiger partial charge in [0.2, 0.25) is 0 Å². The van der Waals surface area contributed by atoms with Crippen LogP contribution in [0, 0.1) is 5.92 Å². The Kier molecular flexibility index (Phi) is 6.23. The van der Waals surface area contributed by atoms with Crippen molar-refractivity contribution in [3.05, 3.63) is 35.9 Å². The Morgan fingerprint density at radius 2 is 1.82 bits per heavy atom. The van der Waals surface area contributed by atoms with Crippen LogP contribution >= 0.6 is 0 Å². The normalized spacial score (nSPS) is 14.9. The minimum Gasteiger partial charge on any atom is -0.395 e. The Morgan fingerprint density at radius 3 is 2.29 bits per heavy atom. The molecule has 96 valence electrons. The van der Waals surface area contributed by atoms with Gasteiger partial charge in [-0.25, -0.2) is 0 Å². The molecular weight excluding hydrogens is 210 g/mol. The second-order valence-corrected chi connectivity index (χ2v) is 4.99. The summed E-state index contributed by atoms with van der Waals surface area (Å²) in [6.45, 7) is 6.82. The van der Waals surface area contributed by atoms with E-state index in [4.69, 9.17) is 0 Å². The largest absolute Gasteiger partial charge is 0.395 e. The average molecular weight is 235 g/mol. The first-order valence-electron chi connectivity index (χ1n) is 6.58. The van der Waals surface area contributed by atoms with Gasteiger partial charge in [-0.2, -0.15) is 0 Å². The highest BCUT2D eigenvalue weighted by atomic mass is 16.3. The zero-order valence-electron chi connectivity index (χ0n) is 11.2. The lowest BCUT2D eigenvalue weighted by molar-refractivity contribution is 0.216. The highest BCUT2D eigenvalue weighted by Gasteiger charge is 2.16. The van der Waals surface area contributed by atoms with E-state index in [1.165, 1.54) is 5.56 Å². The molecule has 2 heteroatoms. The summed E-state index contributed by atoms with van der Waals surface area (Å²) < 4.78 is 0. The van der Waals surface area contributed by atoms with Crippen molar-refractivity contribution in [2.45, 2.75) is 45.7 Å². The predicted octanol–water partition coefficient (Wildman–Crippen LogP) is 2.61. The highest BCUT2D eigenvalue weighted by molar-refractivity contribution is 5.15. The first-order chi connectivity index (χ1) is 8.17. The molecule has 0 saturated heterocycles. The summed E-state index contributed by atoms with van der Waals surface area (Å²) in [7, 11) is 0. The summed E-state index contributed by atoms with van der Waals surface area (Å²) >= 11 is 0. The summed E-state index contributed by atoms with van der Waals surface area (Å²) in [6, 6.07) is 11.0. The fraction of sp³-hybridized carbons (Fsp3) is 0.600. The average Bonchev–Trinajstić information content (AvgIpc) is 2.35. The molecule has 1 aromatic rings. The first kappa shape index (κ1) is 14.2. The maximum Gasteiger partial charge on any atom is 0.0587 e. The molecule has 0 fully saturated rings. The van der Waals surface area contributed by atoms with E-state index in [1.54, 1.807) is 0 Å². The van der Waals surface area contributed by atoms with Gasteiger partial charge < -0.3 is 10.4 Å². The van der Waals surface area contributed by atoms with Gasteiger partial charge in [0, 0.05) is 12.1 Å². The van der Waals surface area contributed by atoms with Gasteiger partial charge in [0.15, 0.2) is 0 Å². The van der Waals surface area contributed by atoms with Gasteiger partial charge in [0.05, 0.1) is 6.61 Å². The molecule has 2 atom stereocenters. The van der Waals surface area contributed by atoms with Crippen molar-refractivity contribution in [1.82, 2.24) is 5.32 Å². The summed E-state index contributed by atoms with van der Waals surface area (Å²) in [5.74, 6) is 0.602. The van der Waals surface area contributed by atoms with E-state index in [0.717, 1.165) is 12.8 Å². The van der Waals surface area contributed by atoms with E-state index in [-0.39, 0.29) is 12.6 Å². The van der Waals surface area contributed by atoms with E-state index in [0.29, 0.717) is 12.0 Å². The SMILES string of the molecule is CCC(N[C@H](CO)Cc1ccccc1)C(C)C. The zero-order chi connectivity index (χ0) is 12.7. The van der Waals surface area contributed by atoms with Gasteiger partial charge in [-0.1, -0.05) is 51.1 Å². The predicted molar refractivity (Wildman–Crippen MR) is 73.1 cm³/mol. The number of hydrogen-bond donors (Lipinski definition) is 2. The molecule has 2 nitrogen and oxygen atoms in total. The molecule has 17 heavy (non-hydrogen) atoms. The molecule has 0 aliphatic carbocycles. The number of aliphatic hydroxyl groups is 1. The van der Waals surface area contributed by atoms with E-state index in [1.807, 2.05) is 18.2 Å². The second-order valence-electron chi connectivity index (χ2n) is 4.99. The van der Waals surface area contributed by atoms with Crippen LogP contribution in [0.2, 0.25) is 0 Å². The van der Waals surface area contributed by atoms with Crippen molar-refractivity contribution >= 4 is 0 Å². The van der Waals surface area contributed by atoms with Crippen LogP contribution in [0.15, 0.2) is 30.3 Å². The van der Waals surface area contributed by atoms with Crippen molar-refractivity contribution in [2.24, 2.45) is 5.92 Å². The quantitative estimate of drug-likeness (QED) is 0.761.